The molecule has 0 aromatic carbocycles. The topological polar surface area (TPSA) is 78.8 Å². The SMILES string of the molecule is CCCCCCCCCCCCC/C=C\CCCCCCCCCOC[C@@H](O)COP(=O)([O-])C(CC)[N+](C)(C)C. The maximum Gasteiger partial charge on any atom is 0.193 e. The Balaban J connectivity index is 3.44. The number of hydrogen-bond acceptors (Lipinski definition) is 5. The van der Waals surface area contributed by atoms with Gasteiger partial charge in [-0.2, -0.15) is 0 Å². The third-order valence-electron chi connectivity index (χ3n) is 7.68. The van der Waals surface area contributed by atoms with Crippen LogP contribution in [0.4, 0.5) is 0 Å². The van der Waals surface area contributed by atoms with Crippen molar-refractivity contribution in [1.82, 2.24) is 0 Å². The van der Waals surface area contributed by atoms with E-state index in [2.05, 4.69) is 19.1 Å². The van der Waals surface area contributed by atoms with E-state index in [1.807, 2.05) is 28.1 Å². The molecular weight excluding hydrogens is 521 g/mol. The van der Waals surface area contributed by atoms with Gasteiger partial charge in [-0.05, 0) is 32.1 Å². The van der Waals surface area contributed by atoms with Crippen molar-refractivity contribution >= 4 is 7.60 Å². The highest BCUT2D eigenvalue weighted by molar-refractivity contribution is 7.51. The van der Waals surface area contributed by atoms with Gasteiger partial charge in [-0.3, -0.25) is 0 Å². The lowest BCUT2D eigenvalue weighted by atomic mass is 10.0. The molecule has 0 fully saturated rings. The summed E-state index contributed by atoms with van der Waals surface area (Å²) >= 11 is 0. The molecule has 0 saturated heterocycles. The summed E-state index contributed by atoms with van der Waals surface area (Å²) in [6.07, 6.45) is 30.8. The van der Waals surface area contributed by atoms with Crippen LogP contribution in [0.25, 0.3) is 0 Å². The molecule has 7 heteroatoms. The van der Waals surface area contributed by atoms with Gasteiger partial charge in [0.2, 0.25) is 0 Å². The van der Waals surface area contributed by atoms with Crippen molar-refractivity contribution in [2.24, 2.45) is 0 Å². The van der Waals surface area contributed by atoms with E-state index >= 15 is 0 Å². The number of unbranched alkanes of at least 4 members (excludes halogenated alkanes) is 18. The van der Waals surface area contributed by atoms with Crippen LogP contribution in [0.1, 0.15) is 149 Å². The number of quaternary nitrogens is 1. The minimum absolute atomic E-state index is 0.105. The van der Waals surface area contributed by atoms with Crippen LogP contribution >= 0.6 is 7.60 Å². The van der Waals surface area contributed by atoms with Crippen LogP contribution in [0, 0.1) is 0 Å². The summed E-state index contributed by atoms with van der Waals surface area (Å²) in [4.78, 5) is 12.4. The Morgan fingerprint density at radius 1 is 0.700 bits per heavy atom. The smallest absolute Gasteiger partial charge is 0.193 e. The first kappa shape index (κ1) is 39.8. The van der Waals surface area contributed by atoms with Gasteiger partial charge in [0.1, 0.15) is 6.10 Å². The third-order valence-corrected chi connectivity index (χ3v) is 9.98. The van der Waals surface area contributed by atoms with Gasteiger partial charge in [-0.25, -0.2) is 0 Å². The van der Waals surface area contributed by atoms with Crippen LogP contribution in [0.3, 0.4) is 0 Å². The number of aliphatic hydroxyl groups excluding tert-OH is 1. The highest BCUT2D eigenvalue weighted by Gasteiger charge is 2.34. The van der Waals surface area contributed by atoms with Gasteiger partial charge in [0, 0.05) is 13.0 Å². The Hall–Kier alpha value is -0.230. The van der Waals surface area contributed by atoms with Crippen molar-refractivity contribution in [2.45, 2.75) is 161 Å². The summed E-state index contributed by atoms with van der Waals surface area (Å²) < 4.78 is 23.4. The predicted octanol–water partition coefficient (Wildman–Crippen LogP) is 8.75. The summed E-state index contributed by atoms with van der Waals surface area (Å²) in [5.41, 5.74) is 0. The van der Waals surface area contributed by atoms with Gasteiger partial charge in [0.05, 0.1) is 34.4 Å². The fraction of sp³-hybridized carbons (Fsp3) is 0.939. The van der Waals surface area contributed by atoms with Gasteiger partial charge < -0.3 is 28.3 Å². The summed E-state index contributed by atoms with van der Waals surface area (Å²) in [6.45, 7) is 4.57. The first-order valence-corrected chi connectivity index (χ1v) is 18.4. The van der Waals surface area contributed by atoms with E-state index in [1.165, 1.54) is 116 Å². The number of nitrogens with zero attached hydrogens (tertiary/aromatic N) is 1. The van der Waals surface area contributed by atoms with Crippen molar-refractivity contribution in [3.8, 4) is 0 Å². The zero-order valence-electron chi connectivity index (χ0n) is 27.3. The molecule has 0 heterocycles. The fourth-order valence-electron chi connectivity index (χ4n) is 5.25. The largest absolute Gasteiger partial charge is 0.774 e. The minimum Gasteiger partial charge on any atom is -0.774 e. The van der Waals surface area contributed by atoms with Crippen LogP contribution < -0.4 is 4.89 Å². The third kappa shape index (κ3) is 24.4. The van der Waals surface area contributed by atoms with Crippen LogP contribution in [0.15, 0.2) is 12.2 Å². The average Bonchev–Trinajstić information content (AvgIpc) is 2.89. The molecule has 0 rings (SSSR count). The molecular formula is C33H68NO5P. The molecule has 0 radical (unpaired) electrons. The molecule has 3 atom stereocenters. The molecule has 40 heavy (non-hydrogen) atoms. The van der Waals surface area contributed by atoms with Crippen LogP contribution in [-0.4, -0.2) is 62.4 Å². The Morgan fingerprint density at radius 3 is 1.55 bits per heavy atom. The Labute approximate surface area is 249 Å². The van der Waals surface area contributed by atoms with Crippen LogP contribution in [0.2, 0.25) is 0 Å². The maximum atomic E-state index is 12.4. The molecule has 0 bridgehead atoms. The lowest BCUT2D eigenvalue weighted by molar-refractivity contribution is -0.884. The molecule has 0 aliphatic rings. The number of allylic oxidation sites excluding steroid dienone is 2. The highest BCUT2D eigenvalue weighted by atomic mass is 31.2. The molecule has 0 amide bonds. The second kappa shape index (κ2) is 26.4. The van der Waals surface area contributed by atoms with Crippen molar-refractivity contribution in [2.75, 3.05) is 41.0 Å². The number of ether oxygens (including phenoxy) is 1. The zero-order chi connectivity index (χ0) is 30.0. The first-order chi connectivity index (χ1) is 19.1. The molecule has 1 N–H and O–H groups in total. The molecule has 0 aliphatic carbocycles. The van der Waals surface area contributed by atoms with Gasteiger partial charge in [-0.1, -0.05) is 122 Å². The van der Waals surface area contributed by atoms with Gasteiger partial charge >= 0.3 is 0 Å². The minimum atomic E-state index is -4.06. The van der Waals surface area contributed by atoms with Crippen LogP contribution in [0.5, 0.6) is 0 Å². The summed E-state index contributed by atoms with van der Waals surface area (Å²) in [6, 6.07) is 0. The second-order valence-corrected chi connectivity index (χ2v) is 14.6. The van der Waals surface area contributed by atoms with E-state index in [4.69, 9.17) is 9.26 Å². The standard InChI is InChI=1S/C33H68NO5P/c1-6-8-9-10-11-12-13-14-15-16-17-18-19-20-21-22-23-24-25-26-27-28-29-38-30-32(35)31-39-40(36,37)33(7-2)34(3,4)5/h19-20,32-33,35H,6-18,21-31H2,1-5H3/b20-19-/t32-,33?/m1/s1. The van der Waals surface area contributed by atoms with E-state index in [1.54, 1.807) is 0 Å². The van der Waals surface area contributed by atoms with Crippen molar-refractivity contribution < 1.29 is 28.3 Å². The van der Waals surface area contributed by atoms with Crippen molar-refractivity contribution in [3.05, 3.63) is 12.2 Å². The van der Waals surface area contributed by atoms with Gasteiger partial charge in [0.15, 0.2) is 13.4 Å². The molecule has 6 nitrogen and oxygen atoms in total. The zero-order valence-corrected chi connectivity index (χ0v) is 28.1. The molecule has 0 aromatic rings. The Morgan fingerprint density at radius 2 is 1.12 bits per heavy atom. The van der Waals surface area contributed by atoms with E-state index in [9.17, 15) is 14.6 Å². The molecule has 0 aromatic heterocycles. The predicted molar refractivity (Wildman–Crippen MR) is 170 cm³/mol. The number of rotatable bonds is 30. The lowest BCUT2D eigenvalue weighted by Crippen LogP contribution is -2.47. The summed E-state index contributed by atoms with van der Waals surface area (Å²) in [5, 5.41) is 10.0. The molecule has 0 spiro atoms. The van der Waals surface area contributed by atoms with Crippen molar-refractivity contribution in [3.63, 3.8) is 0 Å². The number of hydrogen-bond donors (Lipinski definition) is 1. The van der Waals surface area contributed by atoms with E-state index in [0.29, 0.717) is 13.0 Å². The molecule has 2 unspecified atom stereocenters. The summed E-state index contributed by atoms with van der Waals surface area (Å²) in [5.74, 6) is -0.624. The van der Waals surface area contributed by atoms with Gasteiger partial charge in [0.25, 0.3) is 0 Å². The van der Waals surface area contributed by atoms with Gasteiger partial charge in [-0.15, -0.1) is 0 Å². The number of aliphatic hydroxyl groups is 1. The second-order valence-electron chi connectivity index (χ2n) is 12.6. The van der Waals surface area contributed by atoms with E-state index in [0.717, 1.165) is 12.8 Å². The average molecular weight is 590 g/mol. The quantitative estimate of drug-likeness (QED) is 0.0392. The van der Waals surface area contributed by atoms with Crippen LogP contribution in [-0.2, 0) is 13.8 Å². The fourth-order valence-corrected chi connectivity index (χ4v) is 7.10. The molecule has 0 aliphatic heterocycles. The summed E-state index contributed by atoms with van der Waals surface area (Å²) in [7, 11) is 1.44. The monoisotopic (exact) mass is 589 g/mol. The normalized spacial score (nSPS) is 15.5. The molecule has 240 valence electrons. The van der Waals surface area contributed by atoms with Crippen molar-refractivity contribution in [1.29, 1.82) is 0 Å². The maximum absolute atomic E-state index is 12.4. The van der Waals surface area contributed by atoms with E-state index in [-0.39, 0.29) is 17.7 Å². The van der Waals surface area contributed by atoms with E-state index < -0.39 is 19.5 Å². The Kier molecular flexibility index (Phi) is 26.2. The highest BCUT2D eigenvalue weighted by Crippen LogP contribution is 2.47. The Bertz CT molecular complexity index is 622. The molecule has 0 saturated carbocycles. The first-order valence-electron chi connectivity index (χ1n) is 16.8. The lowest BCUT2D eigenvalue weighted by Gasteiger charge is -2.41.